The molecular formula is C22H29FN4. The van der Waals surface area contributed by atoms with Gasteiger partial charge in [0.2, 0.25) is 0 Å². The van der Waals surface area contributed by atoms with E-state index >= 15 is 0 Å². The third-order valence-electron chi connectivity index (χ3n) is 4.83. The maximum Gasteiger partial charge on any atom is 0.191 e. The quantitative estimate of drug-likeness (QED) is 0.605. The summed E-state index contributed by atoms with van der Waals surface area (Å²) in [6.45, 7) is 6.51. The Hall–Kier alpha value is -2.40. The molecule has 0 radical (unpaired) electrons. The minimum absolute atomic E-state index is 0.216. The number of hydrogen-bond acceptors (Lipinski definition) is 2. The summed E-state index contributed by atoms with van der Waals surface area (Å²) >= 11 is 0. The molecule has 27 heavy (non-hydrogen) atoms. The smallest absolute Gasteiger partial charge is 0.191 e. The lowest BCUT2D eigenvalue weighted by atomic mass is 10.0. The molecule has 1 saturated heterocycles. The van der Waals surface area contributed by atoms with E-state index in [1.54, 1.807) is 6.07 Å². The molecule has 1 heterocycles. The molecule has 0 spiro atoms. The Bertz CT molecular complexity index is 724. The van der Waals surface area contributed by atoms with Gasteiger partial charge in [-0.1, -0.05) is 42.5 Å². The molecule has 0 amide bonds. The molecule has 1 aliphatic rings. The molecule has 0 atom stereocenters. The van der Waals surface area contributed by atoms with Gasteiger partial charge in [-0.2, -0.15) is 0 Å². The summed E-state index contributed by atoms with van der Waals surface area (Å²) in [6, 6.07) is 17.7. The number of guanidine groups is 1. The summed E-state index contributed by atoms with van der Waals surface area (Å²) in [4.78, 5) is 7.12. The van der Waals surface area contributed by atoms with Crippen LogP contribution in [0.4, 0.5) is 4.39 Å². The molecule has 1 fully saturated rings. The molecule has 5 heteroatoms. The second-order valence-electron chi connectivity index (χ2n) is 7.01. The zero-order chi connectivity index (χ0) is 18.9. The topological polar surface area (TPSA) is 39.7 Å². The molecule has 0 bridgehead atoms. The molecule has 1 aliphatic heterocycles. The molecule has 144 valence electrons. The summed E-state index contributed by atoms with van der Waals surface area (Å²) in [7, 11) is 0. The van der Waals surface area contributed by atoms with Gasteiger partial charge in [0.15, 0.2) is 5.96 Å². The van der Waals surface area contributed by atoms with E-state index in [2.05, 4.69) is 57.8 Å². The maximum atomic E-state index is 13.3. The van der Waals surface area contributed by atoms with Crippen LogP contribution in [0, 0.1) is 5.82 Å². The van der Waals surface area contributed by atoms with Crippen molar-refractivity contribution in [3.05, 3.63) is 71.5 Å². The molecule has 0 unspecified atom stereocenters. The van der Waals surface area contributed by atoms with E-state index in [1.165, 1.54) is 17.7 Å². The normalized spacial score (nSPS) is 16.3. The summed E-state index contributed by atoms with van der Waals surface area (Å²) in [6.07, 6.45) is 2.19. The van der Waals surface area contributed by atoms with Crippen LogP contribution in [0.5, 0.6) is 0 Å². The molecule has 4 nitrogen and oxygen atoms in total. The third kappa shape index (κ3) is 6.36. The molecule has 2 N–H and O–H groups in total. The Morgan fingerprint density at radius 3 is 2.52 bits per heavy atom. The van der Waals surface area contributed by atoms with E-state index < -0.39 is 0 Å². The molecule has 2 aromatic rings. The average molecular weight is 369 g/mol. The van der Waals surface area contributed by atoms with Crippen LogP contribution in [0.3, 0.4) is 0 Å². The van der Waals surface area contributed by atoms with E-state index in [0.717, 1.165) is 50.5 Å². The lowest BCUT2D eigenvalue weighted by molar-refractivity contribution is 0.198. The fourth-order valence-corrected chi connectivity index (χ4v) is 3.40. The lowest BCUT2D eigenvalue weighted by Gasteiger charge is -2.33. The number of aliphatic imine (C=N–C) groups is 1. The van der Waals surface area contributed by atoms with Crippen LogP contribution in [-0.2, 0) is 13.1 Å². The Balaban J connectivity index is 1.49. The average Bonchev–Trinajstić information content (AvgIpc) is 2.69. The monoisotopic (exact) mass is 368 g/mol. The Labute approximate surface area is 161 Å². The minimum Gasteiger partial charge on any atom is -0.357 e. The van der Waals surface area contributed by atoms with Gasteiger partial charge in [0.05, 0.1) is 6.54 Å². The van der Waals surface area contributed by atoms with Gasteiger partial charge in [-0.05, 0) is 43.0 Å². The largest absolute Gasteiger partial charge is 0.357 e. The van der Waals surface area contributed by atoms with Crippen LogP contribution in [0.15, 0.2) is 59.6 Å². The highest BCUT2D eigenvalue weighted by Crippen LogP contribution is 2.14. The highest BCUT2D eigenvalue weighted by molar-refractivity contribution is 5.80. The zero-order valence-electron chi connectivity index (χ0n) is 16.0. The Morgan fingerprint density at radius 1 is 1.07 bits per heavy atom. The first-order valence-electron chi connectivity index (χ1n) is 9.78. The van der Waals surface area contributed by atoms with Gasteiger partial charge in [0, 0.05) is 32.2 Å². The summed E-state index contributed by atoms with van der Waals surface area (Å²) in [5, 5.41) is 6.84. The minimum atomic E-state index is -0.216. The van der Waals surface area contributed by atoms with Gasteiger partial charge < -0.3 is 10.6 Å². The van der Waals surface area contributed by atoms with E-state index in [9.17, 15) is 4.39 Å². The molecule has 0 saturated carbocycles. The van der Waals surface area contributed by atoms with E-state index in [1.807, 2.05) is 6.07 Å². The number of halogens is 1. The first kappa shape index (κ1) is 19.4. The second-order valence-corrected chi connectivity index (χ2v) is 7.01. The van der Waals surface area contributed by atoms with Gasteiger partial charge in [-0.15, -0.1) is 0 Å². The highest BCUT2D eigenvalue weighted by atomic mass is 19.1. The Kier molecular flexibility index (Phi) is 7.22. The van der Waals surface area contributed by atoms with Crippen molar-refractivity contribution in [2.75, 3.05) is 19.6 Å². The molecular weight excluding hydrogens is 339 g/mol. The van der Waals surface area contributed by atoms with Crippen LogP contribution < -0.4 is 10.6 Å². The van der Waals surface area contributed by atoms with Crippen molar-refractivity contribution in [3.8, 4) is 0 Å². The SMILES string of the molecule is CCNC(=NCc1cccc(F)c1)NC1CCN(Cc2ccccc2)CC1. The molecule has 0 aromatic heterocycles. The van der Waals surface area contributed by atoms with Crippen LogP contribution in [0.2, 0.25) is 0 Å². The number of nitrogens with zero attached hydrogens (tertiary/aromatic N) is 2. The van der Waals surface area contributed by atoms with Crippen LogP contribution in [0.1, 0.15) is 30.9 Å². The van der Waals surface area contributed by atoms with Crippen LogP contribution in [-0.4, -0.2) is 36.5 Å². The summed E-state index contributed by atoms with van der Waals surface area (Å²) < 4.78 is 13.3. The third-order valence-corrected chi connectivity index (χ3v) is 4.83. The van der Waals surface area contributed by atoms with Crippen LogP contribution >= 0.6 is 0 Å². The molecule has 0 aliphatic carbocycles. The highest BCUT2D eigenvalue weighted by Gasteiger charge is 2.20. The summed E-state index contributed by atoms with van der Waals surface area (Å²) in [5.74, 6) is 0.592. The van der Waals surface area contributed by atoms with Gasteiger partial charge in [0.1, 0.15) is 5.82 Å². The van der Waals surface area contributed by atoms with Gasteiger partial charge >= 0.3 is 0 Å². The van der Waals surface area contributed by atoms with E-state index in [0.29, 0.717) is 12.6 Å². The van der Waals surface area contributed by atoms with Crippen molar-refractivity contribution in [3.63, 3.8) is 0 Å². The Morgan fingerprint density at radius 2 is 1.81 bits per heavy atom. The number of benzene rings is 2. The molecule has 2 aromatic carbocycles. The predicted molar refractivity (Wildman–Crippen MR) is 109 cm³/mol. The standard InChI is InChI=1S/C22H29FN4/c1-2-24-22(25-16-19-9-6-10-20(23)15-19)26-21-11-13-27(14-12-21)17-18-7-4-3-5-8-18/h3-10,15,21H,2,11-14,16-17H2,1H3,(H2,24,25,26). The number of rotatable bonds is 6. The van der Waals surface area contributed by atoms with E-state index in [4.69, 9.17) is 0 Å². The first-order chi connectivity index (χ1) is 13.2. The van der Waals surface area contributed by atoms with Crippen molar-refractivity contribution < 1.29 is 4.39 Å². The van der Waals surface area contributed by atoms with Crippen molar-refractivity contribution in [1.29, 1.82) is 0 Å². The zero-order valence-corrected chi connectivity index (χ0v) is 16.0. The molecule has 3 rings (SSSR count). The van der Waals surface area contributed by atoms with Crippen molar-refractivity contribution in [1.82, 2.24) is 15.5 Å². The van der Waals surface area contributed by atoms with E-state index in [-0.39, 0.29) is 5.82 Å². The van der Waals surface area contributed by atoms with Gasteiger partial charge in [0.25, 0.3) is 0 Å². The number of hydrogen-bond donors (Lipinski definition) is 2. The lowest BCUT2D eigenvalue weighted by Crippen LogP contribution is -2.48. The first-order valence-corrected chi connectivity index (χ1v) is 9.78. The number of piperidine rings is 1. The second kappa shape index (κ2) is 10.1. The number of likely N-dealkylation sites (tertiary alicyclic amines) is 1. The van der Waals surface area contributed by atoms with Crippen molar-refractivity contribution in [2.45, 2.75) is 38.9 Å². The number of nitrogens with one attached hydrogen (secondary N) is 2. The fourth-order valence-electron chi connectivity index (χ4n) is 3.40. The van der Waals surface area contributed by atoms with Crippen molar-refractivity contribution >= 4 is 5.96 Å². The maximum absolute atomic E-state index is 13.3. The fraction of sp³-hybridized carbons (Fsp3) is 0.409. The van der Waals surface area contributed by atoms with Gasteiger partial charge in [-0.25, -0.2) is 9.38 Å². The van der Waals surface area contributed by atoms with Crippen LogP contribution in [0.25, 0.3) is 0 Å². The van der Waals surface area contributed by atoms with Gasteiger partial charge in [-0.3, -0.25) is 4.90 Å². The van der Waals surface area contributed by atoms with Crippen molar-refractivity contribution in [2.24, 2.45) is 4.99 Å². The summed E-state index contributed by atoms with van der Waals surface area (Å²) in [5.41, 5.74) is 2.25. The predicted octanol–water partition coefficient (Wildman–Crippen LogP) is 3.55.